The maximum Gasteiger partial charge on any atom is 0.319 e. The molecule has 7 radical (unpaired) electrons. The van der Waals surface area contributed by atoms with Crippen molar-refractivity contribution in [3.8, 4) is 6.07 Å². The number of carbonyl (C=O) groups is 3. The molecule has 144 heavy (non-hydrogen) atoms. The Hall–Kier alpha value is -7.81. The first-order valence-electron chi connectivity index (χ1n) is 45.1. The zero-order valence-electron chi connectivity index (χ0n) is 83.2. The zero-order valence-corrected chi connectivity index (χ0v) is 97.9. The molecule has 2 saturated heterocycles. The SMILES string of the molecule is C.CCCCCNC(=O)Nc1ccc(C)cc1.CS(=O)(=O)O.Cc1ccc(C#N)c([N+](=O)[O-])c1.Cc1ccc(N=C=O)cc1.Cc1ccc(NC(=O)NCCCCN2CCN(c3csc4cc(C)ccc34)CC2)cc1.Cc1ccc(NC(=O)NCCCCO)cc1.Cc1ccc2c(N)c(C)sc2c1.Cc1ccc2c(N)csc2c1.Cc1ccc2c(N3CCNCC3)csc2c1.Cl.NCCCCO.[V].[V].[V].[V].[V].[V].[V]. The number of piperazine rings is 2. The van der Waals surface area contributed by atoms with Gasteiger partial charge < -0.3 is 74.4 Å². The van der Waals surface area contributed by atoms with Gasteiger partial charge in [0.1, 0.15) is 11.6 Å². The third-order valence-electron chi connectivity index (χ3n) is 20.8. The summed E-state index contributed by atoms with van der Waals surface area (Å²) in [6.45, 7) is 35.6. The van der Waals surface area contributed by atoms with Crippen LogP contribution < -0.4 is 64.2 Å². The van der Waals surface area contributed by atoms with Crippen LogP contribution in [-0.4, -0.2) is 162 Å². The molecule has 0 unspecified atom stereocenters. The standard InChI is InChI=1S/C25H32N4OS.C13H20N2O.C13H16N2S.C12H18N2O2.C10H11NS.C9H9NS.C8H6N2O2.C8H7NO.C4H11NO.CH4O3S.CH4.ClH.7V/c1-19-5-8-21(9-6-19)27-25(30)26-11-3-4-12-28-13-15-29(16-14-28)23-18-31-24-17-20(2)7-10-22(23)24;1-3-4-5-10-14-13(16)15-12-8-6-11(2)7-9-12;1-10-2-3-11-12(9-16-13(11)8-10)15-6-4-14-5-7-15;1-10-4-6-11(7-5-10)14-12(16)13-8-2-3-9-15;1-6-3-4-8-9(5-6)12-7(2)10(8)11;1-6-2-3-7-8(10)5-11-9(7)4-6;1-6-2-3-7(5-9)8(4-6)10(11)12;1-7-2-4-8(5-3-7)9-6-10;5-3-1-2-4-6;1-5(2,3)4;;;;;;;;;/h5-10,17-18H,3-4,11-16H2,1-2H3,(H2,26,27,30);6-9H,3-5,10H2,1-2H3,(H2,14,15,16);2-3,8-9,14H,4-7H2,1H3;4-7,15H,2-3,8-9H2,1H3,(H2,13,14,16);3-5H,11H2,1-2H3;2-5H,10H2,1H3;2-4H,1H3;2-5H,1H3;6H,1-5H2;1H3,(H,2,3,4);1H4;1H;;;;;;;. The van der Waals surface area contributed by atoms with Gasteiger partial charge in [-0.05, 0) is 234 Å². The van der Waals surface area contributed by atoms with Gasteiger partial charge in [-0.2, -0.15) is 18.7 Å². The van der Waals surface area contributed by atoms with Gasteiger partial charge in [0.05, 0.1) is 39.6 Å². The van der Waals surface area contributed by atoms with Crippen LogP contribution in [0.5, 0.6) is 0 Å². The number of nitrogens with two attached hydrogens (primary N) is 3. The van der Waals surface area contributed by atoms with Crippen molar-refractivity contribution in [1.29, 1.82) is 5.26 Å². The maximum absolute atomic E-state index is 12.0. The van der Waals surface area contributed by atoms with Crippen LogP contribution in [-0.2, 0) is 145 Å². The third kappa shape index (κ3) is 56.0. The number of thiophene rings is 4. The number of aryl methyl sites for hydroxylation is 10. The second-order valence-electron chi connectivity index (χ2n) is 32.5. The largest absolute Gasteiger partial charge is 0.398 e. The van der Waals surface area contributed by atoms with Crippen molar-refractivity contribution in [2.24, 2.45) is 10.7 Å². The number of nitrogens with one attached hydrogen (secondary N) is 7. The van der Waals surface area contributed by atoms with E-state index in [4.69, 9.17) is 37.2 Å². The summed E-state index contributed by atoms with van der Waals surface area (Å²) in [5.41, 5.74) is 35.2. The van der Waals surface area contributed by atoms with Gasteiger partial charge in [-0.25, -0.2) is 19.2 Å². The number of unbranched alkanes of at least 4 members (excludes halogenated alkanes) is 5. The van der Waals surface area contributed by atoms with Crippen molar-refractivity contribution >= 4 is 184 Å². The monoisotopic (exact) mass is 2340 g/mol. The fraction of sp³-hybridized carbons (Fsp3) is 0.356. The van der Waals surface area contributed by atoms with Crippen molar-refractivity contribution in [3.63, 3.8) is 0 Å². The number of carbonyl (C=O) groups excluding carboxylic acids is 4. The number of nitriles is 1. The number of anilines is 7. The molecule has 0 saturated carbocycles. The van der Waals surface area contributed by atoms with E-state index in [0.717, 1.165) is 156 Å². The summed E-state index contributed by atoms with van der Waals surface area (Å²) in [5, 5.41) is 67.7. The van der Waals surface area contributed by atoms with Crippen LogP contribution in [0.25, 0.3) is 40.3 Å². The summed E-state index contributed by atoms with van der Waals surface area (Å²) >= 11 is 7.18. The van der Waals surface area contributed by atoms with Crippen molar-refractivity contribution < 1.29 is 177 Å². The van der Waals surface area contributed by atoms with Crippen LogP contribution >= 0.6 is 57.8 Å². The van der Waals surface area contributed by atoms with E-state index in [2.05, 4.69) is 182 Å². The normalized spacial score (nSPS) is 11.1. The van der Waals surface area contributed by atoms with Crippen molar-refractivity contribution in [1.82, 2.24) is 26.2 Å². The van der Waals surface area contributed by atoms with E-state index in [9.17, 15) is 37.7 Å². The number of hydrogen-bond acceptors (Lipinski definition) is 23. The molecule has 40 heteroatoms. The molecule has 6 heterocycles. The van der Waals surface area contributed by atoms with Gasteiger partial charge >= 0.3 is 18.1 Å². The minimum atomic E-state index is -3.67. The Morgan fingerprint density at radius 1 is 0.486 bits per heavy atom. The average Bonchev–Trinajstić information content (AvgIpc) is 1.67. The summed E-state index contributed by atoms with van der Waals surface area (Å²) < 4.78 is 31.2. The molecule has 0 spiro atoms. The molecule has 9 aromatic carbocycles. The number of isocyanates is 1. The van der Waals surface area contributed by atoms with Crippen molar-refractivity contribution in [2.45, 2.75) is 141 Å². The fourth-order valence-electron chi connectivity index (χ4n) is 13.3. The number of hydrogen-bond donors (Lipinski definition) is 13. The second-order valence-corrected chi connectivity index (χ2v) is 38.0. The van der Waals surface area contributed by atoms with E-state index in [1.54, 1.807) is 53.9 Å². The molecule has 0 aliphatic carbocycles. The molecule has 16 N–H and O–H groups in total. The predicted octanol–water partition coefficient (Wildman–Crippen LogP) is 22.9. The Kier molecular flexibility index (Phi) is 78.5. The number of aliphatic imine (C=N–C) groups is 1. The number of aliphatic hydroxyl groups excluding tert-OH is 2. The van der Waals surface area contributed by atoms with E-state index >= 15 is 0 Å². The smallest absolute Gasteiger partial charge is 0.319 e. The maximum atomic E-state index is 12.0. The number of nitro benzene ring substituents is 1. The topological polar surface area (TPSA) is 414 Å². The van der Waals surface area contributed by atoms with Gasteiger partial charge in [-0.3, -0.25) is 19.6 Å². The number of halogens is 1. The van der Waals surface area contributed by atoms with E-state index in [-0.39, 0.29) is 192 Å². The minimum absolute atomic E-state index is 0. The summed E-state index contributed by atoms with van der Waals surface area (Å²) in [6.07, 6.45) is 10.9. The van der Waals surface area contributed by atoms with Crippen LogP contribution in [0, 0.1) is 90.7 Å². The number of rotatable bonds is 23. The summed E-state index contributed by atoms with van der Waals surface area (Å²) in [4.78, 5) is 66.6. The zero-order chi connectivity index (χ0) is 98.6. The first-order valence-corrected chi connectivity index (χ1v) is 50.4. The summed E-state index contributed by atoms with van der Waals surface area (Å²) in [6, 6.07) is 62.6. The molecule has 4 aromatic heterocycles. The molecule has 27 nitrogen and oxygen atoms in total. The van der Waals surface area contributed by atoms with Crippen LogP contribution in [0.1, 0.15) is 133 Å². The number of fused-ring (bicyclic) bond motifs is 4. The predicted molar refractivity (Wildman–Crippen MR) is 582 cm³/mol. The number of benzene rings is 9. The molecule has 13 aromatic rings. The number of nitrogen functional groups attached to an aromatic ring is 2. The number of urea groups is 3. The molecule has 2 aliphatic rings. The van der Waals surface area contributed by atoms with E-state index < -0.39 is 15.0 Å². The number of amides is 6. The van der Waals surface area contributed by atoms with Gasteiger partial charge in [-0.15, -0.1) is 57.8 Å². The third-order valence-corrected chi connectivity index (χ3v) is 24.7. The van der Waals surface area contributed by atoms with E-state index in [1.807, 2.05) is 141 Å². The fourth-order valence-corrected chi connectivity index (χ4v) is 17.4. The first kappa shape index (κ1) is 142. The molecule has 6 amide bonds. The van der Waals surface area contributed by atoms with Crippen molar-refractivity contribution in [3.05, 3.63) is 275 Å². The number of nitrogens with zero attached hydrogens (tertiary/aromatic N) is 6. The van der Waals surface area contributed by atoms with E-state index in [1.165, 1.54) is 115 Å². The first-order chi connectivity index (χ1) is 64.7. The molecule has 0 atom stereocenters. The molecular weight excluding hydrogens is 2200 g/mol. The number of nitro groups is 1. The van der Waals surface area contributed by atoms with Crippen LogP contribution in [0.15, 0.2) is 209 Å². The Labute approximate surface area is 957 Å². The van der Waals surface area contributed by atoms with Gasteiger partial charge in [-0.1, -0.05) is 153 Å². The molecule has 15 rings (SSSR count). The average molecular weight is 2340 g/mol. The Morgan fingerprint density at radius 2 is 0.833 bits per heavy atom. The quantitative estimate of drug-likeness (QED) is 0.00706. The second kappa shape index (κ2) is 79.3. The summed E-state index contributed by atoms with van der Waals surface area (Å²) in [5.74, 6) is 0. The Morgan fingerprint density at radius 3 is 1.22 bits per heavy atom. The Bertz CT molecular complexity index is 5950. The molecule has 2 fully saturated rings. The molecular formula is C104H139ClN16O11S5V7. The van der Waals surface area contributed by atoms with Crippen LogP contribution in [0.2, 0.25) is 0 Å². The Balaban J connectivity index is -0.000000778. The van der Waals surface area contributed by atoms with Gasteiger partial charge in [0.25, 0.3) is 15.8 Å². The summed E-state index contributed by atoms with van der Waals surface area (Å²) in [7, 11) is -3.67. The molecule has 773 valence electrons. The number of aliphatic hydroxyl groups is 2. The molecule has 2 aliphatic heterocycles. The minimum Gasteiger partial charge on any atom is -0.398 e. The van der Waals surface area contributed by atoms with Crippen LogP contribution in [0.4, 0.5) is 65.6 Å². The van der Waals surface area contributed by atoms with Crippen LogP contribution in [0.3, 0.4) is 0 Å². The molecule has 0 bridgehead atoms. The van der Waals surface area contributed by atoms with Crippen molar-refractivity contribution in [2.75, 3.05) is 142 Å². The van der Waals surface area contributed by atoms with Gasteiger partial charge in [0, 0.05) is 300 Å². The van der Waals surface area contributed by atoms with Gasteiger partial charge in [0.15, 0.2) is 0 Å². The van der Waals surface area contributed by atoms with Gasteiger partial charge in [0.2, 0.25) is 6.08 Å². The van der Waals surface area contributed by atoms with E-state index in [0.29, 0.717) is 38.0 Å².